The SMILES string of the molecule is CCCCCC(CC(=O)O)(C(=O)O)c1ccccc1. The Kier molecular flexibility index (Phi) is 5.55. The lowest BCUT2D eigenvalue weighted by Crippen LogP contribution is -2.38. The molecule has 1 aromatic carbocycles. The predicted molar refractivity (Wildman–Crippen MR) is 72.2 cm³/mol. The van der Waals surface area contributed by atoms with Gasteiger partial charge in [0, 0.05) is 0 Å². The minimum atomic E-state index is -1.32. The van der Waals surface area contributed by atoms with Crippen molar-refractivity contribution in [2.45, 2.75) is 44.4 Å². The summed E-state index contributed by atoms with van der Waals surface area (Å²) in [7, 11) is 0. The zero-order chi connectivity index (χ0) is 14.3. The number of carbonyl (C=O) groups is 2. The number of carboxylic acid groups (broad SMARTS) is 2. The van der Waals surface area contributed by atoms with E-state index in [0.717, 1.165) is 12.8 Å². The van der Waals surface area contributed by atoms with Crippen molar-refractivity contribution >= 4 is 11.9 Å². The first-order valence-electron chi connectivity index (χ1n) is 6.53. The van der Waals surface area contributed by atoms with Gasteiger partial charge in [0.05, 0.1) is 6.42 Å². The van der Waals surface area contributed by atoms with Gasteiger partial charge in [-0.2, -0.15) is 0 Å². The molecule has 0 radical (unpaired) electrons. The second-order valence-electron chi connectivity index (χ2n) is 4.78. The lowest BCUT2D eigenvalue weighted by molar-refractivity contribution is -0.151. The van der Waals surface area contributed by atoms with Crippen molar-refractivity contribution in [2.24, 2.45) is 0 Å². The normalized spacial score (nSPS) is 13.7. The van der Waals surface area contributed by atoms with Crippen LogP contribution in [0.4, 0.5) is 0 Å². The number of hydrogen-bond acceptors (Lipinski definition) is 2. The van der Waals surface area contributed by atoms with Gasteiger partial charge in [-0.25, -0.2) is 0 Å². The first-order chi connectivity index (χ1) is 9.03. The molecule has 1 atom stereocenters. The summed E-state index contributed by atoms with van der Waals surface area (Å²) in [6.07, 6.45) is 2.56. The number of benzene rings is 1. The summed E-state index contributed by atoms with van der Waals surface area (Å²) in [5.74, 6) is -2.14. The van der Waals surface area contributed by atoms with Gasteiger partial charge in [0.1, 0.15) is 5.41 Å². The van der Waals surface area contributed by atoms with Crippen LogP contribution >= 0.6 is 0 Å². The van der Waals surface area contributed by atoms with Crippen molar-refractivity contribution < 1.29 is 19.8 Å². The van der Waals surface area contributed by atoms with Crippen LogP contribution in [0, 0.1) is 0 Å². The summed E-state index contributed by atoms with van der Waals surface area (Å²) in [4.78, 5) is 22.8. The maximum absolute atomic E-state index is 11.7. The zero-order valence-electron chi connectivity index (χ0n) is 11.1. The highest BCUT2D eigenvalue weighted by Crippen LogP contribution is 2.34. The van der Waals surface area contributed by atoms with Gasteiger partial charge in [-0.3, -0.25) is 9.59 Å². The smallest absolute Gasteiger partial charge is 0.314 e. The Balaban J connectivity index is 3.11. The fourth-order valence-electron chi connectivity index (χ4n) is 2.33. The molecular weight excluding hydrogens is 244 g/mol. The van der Waals surface area contributed by atoms with Crippen LogP contribution in [0.3, 0.4) is 0 Å². The molecule has 0 saturated carbocycles. The molecule has 1 unspecified atom stereocenters. The molecule has 4 heteroatoms. The first-order valence-corrected chi connectivity index (χ1v) is 6.53. The summed E-state index contributed by atoms with van der Waals surface area (Å²) in [6, 6.07) is 8.68. The molecule has 1 aromatic rings. The number of carboxylic acids is 2. The van der Waals surface area contributed by atoms with E-state index in [1.807, 2.05) is 6.92 Å². The van der Waals surface area contributed by atoms with Gasteiger partial charge < -0.3 is 10.2 Å². The molecular formula is C15H20O4. The van der Waals surface area contributed by atoms with E-state index >= 15 is 0 Å². The number of aliphatic carboxylic acids is 2. The largest absolute Gasteiger partial charge is 0.481 e. The molecule has 0 aromatic heterocycles. The molecule has 0 bridgehead atoms. The van der Waals surface area contributed by atoms with Gasteiger partial charge in [-0.05, 0) is 12.0 Å². The minimum absolute atomic E-state index is 0.354. The molecule has 4 nitrogen and oxygen atoms in total. The molecule has 0 spiro atoms. The molecule has 0 saturated heterocycles. The van der Waals surface area contributed by atoms with Crippen LogP contribution in [0.5, 0.6) is 0 Å². The van der Waals surface area contributed by atoms with E-state index in [-0.39, 0.29) is 6.42 Å². The van der Waals surface area contributed by atoms with Gasteiger partial charge >= 0.3 is 11.9 Å². The summed E-state index contributed by atoms with van der Waals surface area (Å²) in [5, 5.41) is 18.6. The molecule has 0 aliphatic rings. The van der Waals surface area contributed by atoms with E-state index in [2.05, 4.69) is 0 Å². The second kappa shape index (κ2) is 6.92. The van der Waals surface area contributed by atoms with Gasteiger partial charge in [-0.1, -0.05) is 56.5 Å². The van der Waals surface area contributed by atoms with Crippen molar-refractivity contribution in [3.63, 3.8) is 0 Å². The number of hydrogen-bond donors (Lipinski definition) is 2. The predicted octanol–water partition coefficient (Wildman–Crippen LogP) is 3.06. The van der Waals surface area contributed by atoms with Crippen molar-refractivity contribution in [2.75, 3.05) is 0 Å². The average Bonchev–Trinajstić information content (AvgIpc) is 2.38. The Bertz CT molecular complexity index is 427. The number of unbranched alkanes of at least 4 members (excludes halogenated alkanes) is 2. The molecule has 0 fully saturated rings. The van der Waals surface area contributed by atoms with E-state index < -0.39 is 17.4 Å². The van der Waals surface area contributed by atoms with Crippen LogP contribution in [0.1, 0.15) is 44.6 Å². The van der Waals surface area contributed by atoms with Gasteiger partial charge in [0.15, 0.2) is 0 Å². The zero-order valence-corrected chi connectivity index (χ0v) is 11.1. The Morgan fingerprint density at radius 3 is 2.21 bits per heavy atom. The van der Waals surface area contributed by atoms with Crippen LogP contribution < -0.4 is 0 Å². The molecule has 0 amide bonds. The van der Waals surface area contributed by atoms with Crippen LogP contribution in [-0.4, -0.2) is 22.2 Å². The molecule has 0 aliphatic heterocycles. The summed E-state index contributed by atoms with van der Waals surface area (Å²) in [6.45, 7) is 2.03. The minimum Gasteiger partial charge on any atom is -0.481 e. The Morgan fingerprint density at radius 2 is 1.74 bits per heavy atom. The van der Waals surface area contributed by atoms with Crippen LogP contribution in [0.15, 0.2) is 30.3 Å². The fourth-order valence-corrected chi connectivity index (χ4v) is 2.33. The highest BCUT2D eigenvalue weighted by atomic mass is 16.4. The van der Waals surface area contributed by atoms with Crippen molar-refractivity contribution in [1.82, 2.24) is 0 Å². The van der Waals surface area contributed by atoms with Gasteiger partial charge in [0.2, 0.25) is 0 Å². The molecule has 2 N–H and O–H groups in total. The fraction of sp³-hybridized carbons (Fsp3) is 0.467. The monoisotopic (exact) mass is 264 g/mol. The second-order valence-corrected chi connectivity index (χ2v) is 4.78. The van der Waals surface area contributed by atoms with Crippen molar-refractivity contribution in [1.29, 1.82) is 0 Å². The third-order valence-corrected chi connectivity index (χ3v) is 3.40. The van der Waals surface area contributed by atoms with E-state index in [1.54, 1.807) is 30.3 Å². The Morgan fingerprint density at radius 1 is 1.11 bits per heavy atom. The maximum atomic E-state index is 11.7. The Labute approximate surface area is 113 Å². The first kappa shape index (κ1) is 15.2. The highest BCUT2D eigenvalue weighted by molar-refractivity contribution is 5.87. The maximum Gasteiger partial charge on any atom is 0.314 e. The number of rotatable bonds is 8. The van der Waals surface area contributed by atoms with Crippen LogP contribution in [-0.2, 0) is 15.0 Å². The molecule has 104 valence electrons. The average molecular weight is 264 g/mol. The molecule has 1 rings (SSSR count). The van der Waals surface area contributed by atoms with Gasteiger partial charge in [-0.15, -0.1) is 0 Å². The van der Waals surface area contributed by atoms with Crippen LogP contribution in [0.25, 0.3) is 0 Å². The van der Waals surface area contributed by atoms with E-state index in [0.29, 0.717) is 18.4 Å². The topological polar surface area (TPSA) is 74.6 Å². The van der Waals surface area contributed by atoms with E-state index in [9.17, 15) is 14.7 Å². The quantitative estimate of drug-likeness (QED) is 0.708. The Hall–Kier alpha value is -1.84. The van der Waals surface area contributed by atoms with E-state index in [4.69, 9.17) is 5.11 Å². The third-order valence-electron chi connectivity index (χ3n) is 3.40. The molecule has 19 heavy (non-hydrogen) atoms. The van der Waals surface area contributed by atoms with Gasteiger partial charge in [0.25, 0.3) is 0 Å². The summed E-state index contributed by atoms with van der Waals surface area (Å²) in [5.41, 5.74) is -0.747. The molecule has 0 heterocycles. The van der Waals surface area contributed by atoms with Crippen LogP contribution in [0.2, 0.25) is 0 Å². The summed E-state index contributed by atoms with van der Waals surface area (Å²) >= 11 is 0. The summed E-state index contributed by atoms with van der Waals surface area (Å²) < 4.78 is 0. The van der Waals surface area contributed by atoms with Crippen molar-refractivity contribution in [3.8, 4) is 0 Å². The molecule has 0 aliphatic carbocycles. The standard InChI is InChI=1S/C15H20O4/c1-2-3-7-10-15(14(18)19,11-13(16)17)12-8-5-4-6-9-12/h4-6,8-9H,2-3,7,10-11H2,1H3,(H,16,17)(H,18,19). The lowest BCUT2D eigenvalue weighted by atomic mass is 9.73. The third kappa shape index (κ3) is 3.81. The highest BCUT2D eigenvalue weighted by Gasteiger charge is 2.41. The van der Waals surface area contributed by atoms with E-state index in [1.165, 1.54) is 0 Å². The van der Waals surface area contributed by atoms with Crippen molar-refractivity contribution in [3.05, 3.63) is 35.9 Å². The lowest BCUT2D eigenvalue weighted by Gasteiger charge is -2.28.